The molecule has 0 saturated carbocycles. The summed E-state index contributed by atoms with van der Waals surface area (Å²) < 4.78 is 30.3. The number of methoxy groups -OCH3 is 1. The first kappa shape index (κ1) is 16.5. The number of ether oxygens (including phenoxy) is 1. The lowest BCUT2D eigenvalue weighted by molar-refractivity contribution is 0.394. The molecular formula is C14H21ClN2O3S. The van der Waals surface area contributed by atoms with Gasteiger partial charge in [0.1, 0.15) is 5.75 Å². The Kier molecular flexibility index (Phi) is 5.48. The molecule has 0 spiro atoms. The summed E-state index contributed by atoms with van der Waals surface area (Å²) in [5.74, 6) is 1.04. The van der Waals surface area contributed by atoms with Crippen molar-refractivity contribution in [3.05, 3.63) is 28.8 Å². The van der Waals surface area contributed by atoms with Gasteiger partial charge in [0.25, 0.3) is 0 Å². The number of nitrogens with one attached hydrogen (secondary N) is 1. The van der Waals surface area contributed by atoms with Gasteiger partial charge in [0, 0.05) is 36.3 Å². The van der Waals surface area contributed by atoms with Gasteiger partial charge in [0.05, 0.1) is 12.9 Å². The molecule has 1 saturated heterocycles. The maximum Gasteiger partial charge on any atom is 0.214 e. The quantitative estimate of drug-likeness (QED) is 0.866. The molecule has 1 fully saturated rings. The topological polar surface area (TPSA) is 58.6 Å². The van der Waals surface area contributed by atoms with E-state index in [1.807, 2.05) is 19.1 Å². The third kappa shape index (κ3) is 4.10. The first-order chi connectivity index (χ1) is 9.94. The van der Waals surface area contributed by atoms with E-state index in [-0.39, 0.29) is 11.8 Å². The van der Waals surface area contributed by atoms with Gasteiger partial charge in [0.2, 0.25) is 10.0 Å². The van der Waals surface area contributed by atoms with Crippen LogP contribution in [-0.2, 0) is 10.0 Å². The molecule has 118 valence electrons. The second-order valence-electron chi connectivity index (χ2n) is 5.13. The van der Waals surface area contributed by atoms with Crippen LogP contribution < -0.4 is 10.1 Å². The molecule has 1 aliphatic heterocycles. The smallest absolute Gasteiger partial charge is 0.214 e. The minimum absolute atomic E-state index is 0.0314. The Hall–Kier alpha value is -0.820. The van der Waals surface area contributed by atoms with Crippen molar-refractivity contribution >= 4 is 21.6 Å². The predicted molar refractivity (Wildman–Crippen MR) is 84.4 cm³/mol. The Labute approximate surface area is 131 Å². The summed E-state index contributed by atoms with van der Waals surface area (Å²) >= 11 is 6.02. The minimum atomic E-state index is -3.02. The third-order valence-corrected chi connectivity index (χ3v) is 5.86. The van der Waals surface area contributed by atoms with Crippen molar-refractivity contribution in [2.24, 2.45) is 0 Å². The van der Waals surface area contributed by atoms with Crippen molar-refractivity contribution in [2.75, 3.05) is 32.5 Å². The molecule has 21 heavy (non-hydrogen) atoms. The van der Waals surface area contributed by atoms with E-state index in [1.165, 1.54) is 0 Å². The van der Waals surface area contributed by atoms with E-state index in [1.54, 1.807) is 17.5 Å². The molecule has 0 aliphatic carbocycles. The van der Waals surface area contributed by atoms with Crippen molar-refractivity contribution in [2.45, 2.75) is 19.4 Å². The molecular weight excluding hydrogens is 312 g/mol. The second-order valence-corrected chi connectivity index (χ2v) is 7.66. The lowest BCUT2D eigenvalue weighted by atomic mass is 10.1. The second kappa shape index (κ2) is 6.96. The molecule has 1 heterocycles. The molecule has 1 aliphatic rings. The van der Waals surface area contributed by atoms with E-state index in [0.717, 1.165) is 17.7 Å². The van der Waals surface area contributed by atoms with Gasteiger partial charge in [-0.25, -0.2) is 12.7 Å². The highest BCUT2D eigenvalue weighted by molar-refractivity contribution is 7.89. The molecule has 1 N–H and O–H groups in total. The third-order valence-electron chi connectivity index (χ3n) is 3.67. The van der Waals surface area contributed by atoms with E-state index in [9.17, 15) is 8.42 Å². The zero-order chi connectivity index (χ0) is 15.5. The number of hydrogen-bond donors (Lipinski definition) is 1. The van der Waals surface area contributed by atoms with E-state index in [4.69, 9.17) is 16.3 Å². The number of halogens is 1. The van der Waals surface area contributed by atoms with Gasteiger partial charge in [-0.2, -0.15) is 0 Å². The van der Waals surface area contributed by atoms with Crippen LogP contribution in [-0.4, -0.2) is 45.2 Å². The summed E-state index contributed by atoms with van der Waals surface area (Å²) in [5.41, 5.74) is 0.967. The average Bonchev–Trinajstić information content (AvgIpc) is 2.78. The minimum Gasteiger partial charge on any atom is -0.496 e. The van der Waals surface area contributed by atoms with Crippen LogP contribution in [0.4, 0.5) is 0 Å². The van der Waals surface area contributed by atoms with E-state index < -0.39 is 10.0 Å². The van der Waals surface area contributed by atoms with Crippen LogP contribution in [0.2, 0.25) is 5.02 Å². The lowest BCUT2D eigenvalue weighted by Crippen LogP contribution is -2.34. The maximum atomic E-state index is 11.7. The lowest BCUT2D eigenvalue weighted by Gasteiger charge is -2.20. The van der Waals surface area contributed by atoms with Gasteiger partial charge in [0.15, 0.2) is 0 Å². The number of hydrogen-bond acceptors (Lipinski definition) is 4. The Morgan fingerprint density at radius 2 is 2.24 bits per heavy atom. The van der Waals surface area contributed by atoms with Crippen LogP contribution in [0.25, 0.3) is 0 Å². The van der Waals surface area contributed by atoms with Crippen molar-refractivity contribution in [3.8, 4) is 5.75 Å². The first-order valence-electron chi connectivity index (χ1n) is 6.98. The van der Waals surface area contributed by atoms with E-state index in [2.05, 4.69) is 5.32 Å². The Morgan fingerprint density at radius 1 is 1.48 bits per heavy atom. The van der Waals surface area contributed by atoms with Gasteiger partial charge in [-0.05, 0) is 31.5 Å². The molecule has 1 atom stereocenters. The highest BCUT2D eigenvalue weighted by atomic mass is 35.5. The highest BCUT2D eigenvalue weighted by Crippen LogP contribution is 2.28. The highest BCUT2D eigenvalue weighted by Gasteiger charge is 2.27. The Morgan fingerprint density at radius 3 is 2.86 bits per heavy atom. The number of benzene rings is 1. The predicted octanol–water partition coefficient (Wildman–Crippen LogP) is 2.03. The van der Waals surface area contributed by atoms with Gasteiger partial charge in [-0.15, -0.1) is 0 Å². The zero-order valence-electron chi connectivity index (χ0n) is 12.3. The summed E-state index contributed by atoms with van der Waals surface area (Å²) in [5, 5.41) is 3.97. The molecule has 0 bridgehead atoms. The van der Waals surface area contributed by atoms with Crippen molar-refractivity contribution in [1.29, 1.82) is 0 Å². The van der Waals surface area contributed by atoms with Crippen molar-refractivity contribution < 1.29 is 13.2 Å². The van der Waals surface area contributed by atoms with Gasteiger partial charge < -0.3 is 10.1 Å². The Bertz CT molecular complexity index is 592. The van der Waals surface area contributed by atoms with Crippen LogP contribution in [0.1, 0.15) is 24.9 Å². The van der Waals surface area contributed by atoms with E-state index in [0.29, 0.717) is 24.7 Å². The summed E-state index contributed by atoms with van der Waals surface area (Å²) in [7, 11) is -1.40. The van der Waals surface area contributed by atoms with E-state index >= 15 is 0 Å². The molecule has 5 nitrogen and oxygen atoms in total. The zero-order valence-corrected chi connectivity index (χ0v) is 13.9. The van der Waals surface area contributed by atoms with Crippen LogP contribution in [0.3, 0.4) is 0 Å². The molecule has 2 rings (SSSR count). The van der Waals surface area contributed by atoms with Crippen LogP contribution in [0.15, 0.2) is 18.2 Å². The SMILES string of the molecule is COc1ccc(Cl)cc1[C@@H](C)NCCN1CCCS1(=O)=O. The summed E-state index contributed by atoms with van der Waals surface area (Å²) in [6, 6.07) is 5.52. The first-order valence-corrected chi connectivity index (χ1v) is 8.97. The van der Waals surface area contributed by atoms with Gasteiger partial charge in [-0.1, -0.05) is 11.6 Å². The summed E-state index contributed by atoms with van der Waals surface area (Å²) in [4.78, 5) is 0. The molecule has 0 unspecified atom stereocenters. The molecule has 7 heteroatoms. The average molecular weight is 333 g/mol. The summed E-state index contributed by atoms with van der Waals surface area (Å²) in [6.07, 6.45) is 0.722. The largest absolute Gasteiger partial charge is 0.496 e. The summed E-state index contributed by atoms with van der Waals surface area (Å²) in [6.45, 7) is 3.72. The number of nitrogens with zero attached hydrogens (tertiary/aromatic N) is 1. The molecule has 0 amide bonds. The normalized spacial score (nSPS) is 19.6. The Balaban J connectivity index is 1.93. The number of sulfonamides is 1. The number of rotatable bonds is 6. The maximum absolute atomic E-state index is 11.7. The van der Waals surface area contributed by atoms with Crippen LogP contribution in [0.5, 0.6) is 5.75 Å². The standard InChI is InChI=1S/C14H21ClN2O3S/c1-11(13-10-12(15)4-5-14(13)20-2)16-6-8-17-7-3-9-21(17,18)19/h4-5,10-11,16H,3,6-9H2,1-2H3/t11-/m1/s1. The molecule has 1 aromatic rings. The van der Waals surface area contributed by atoms with Crippen LogP contribution in [0, 0.1) is 0 Å². The van der Waals surface area contributed by atoms with Crippen molar-refractivity contribution in [1.82, 2.24) is 9.62 Å². The molecule has 0 radical (unpaired) electrons. The molecule has 0 aromatic heterocycles. The van der Waals surface area contributed by atoms with Gasteiger partial charge >= 0.3 is 0 Å². The fourth-order valence-electron chi connectivity index (χ4n) is 2.50. The fourth-order valence-corrected chi connectivity index (χ4v) is 4.21. The van der Waals surface area contributed by atoms with Crippen molar-refractivity contribution in [3.63, 3.8) is 0 Å². The van der Waals surface area contributed by atoms with Crippen LogP contribution >= 0.6 is 11.6 Å². The monoisotopic (exact) mass is 332 g/mol. The van der Waals surface area contributed by atoms with Gasteiger partial charge in [-0.3, -0.25) is 0 Å². The fraction of sp³-hybridized carbons (Fsp3) is 0.571. The molecule has 1 aromatic carbocycles.